The van der Waals surface area contributed by atoms with E-state index >= 15 is 0 Å². The molecular weight excluding hydrogens is 396 g/mol. The third-order valence-corrected chi connectivity index (χ3v) is 8.14. The lowest BCUT2D eigenvalue weighted by Gasteiger charge is -2.57. The van der Waals surface area contributed by atoms with Crippen LogP contribution in [0.15, 0.2) is 12.1 Å². The fourth-order valence-corrected chi connectivity index (χ4v) is 6.78. The van der Waals surface area contributed by atoms with Crippen LogP contribution in [-0.2, 0) is 19.6 Å². The van der Waals surface area contributed by atoms with Crippen molar-refractivity contribution in [3.63, 3.8) is 0 Å². The molecule has 3 atom stereocenters. The molecule has 4 bridgehead atoms. The Morgan fingerprint density at radius 1 is 0.645 bits per heavy atom. The maximum Gasteiger partial charge on any atom is 0.165 e. The van der Waals surface area contributed by atoms with Crippen LogP contribution in [0, 0.1) is 17.8 Å². The Bertz CT molecular complexity index is 805. The molecule has 4 saturated carbocycles. The third kappa shape index (κ3) is 3.91. The van der Waals surface area contributed by atoms with Crippen LogP contribution in [0.5, 0.6) is 17.2 Å². The highest BCUT2D eigenvalue weighted by molar-refractivity contribution is 5.54. The fraction of sp³-hybridized carbons (Fsp3) is 0.760. The highest BCUT2D eigenvalue weighted by atomic mass is 16.6. The molecule has 6 heteroatoms. The quantitative estimate of drug-likeness (QED) is 0.532. The van der Waals surface area contributed by atoms with Crippen molar-refractivity contribution >= 4 is 0 Å². The van der Waals surface area contributed by atoms with Crippen molar-refractivity contribution in [1.82, 2.24) is 0 Å². The van der Waals surface area contributed by atoms with E-state index in [9.17, 15) is 0 Å². The third-order valence-electron chi connectivity index (χ3n) is 8.14. The summed E-state index contributed by atoms with van der Waals surface area (Å²) in [5, 5.41) is 0. The highest BCUT2D eigenvalue weighted by Crippen LogP contribution is 2.62. The maximum absolute atomic E-state index is 6.39. The Hall–Kier alpha value is -1.50. The minimum atomic E-state index is 0.201. The normalized spacial score (nSPS) is 41.2. The van der Waals surface area contributed by atoms with Gasteiger partial charge in [0.1, 0.15) is 43.9 Å². The van der Waals surface area contributed by atoms with E-state index in [1.165, 1.54) is 44.1 Å². The zero-order valence-corrected chi connectivity index (χ0v) is 18.1. The predicted octanol–water partition coefficient (Wildman–Crippen LogP) is 3.49. The predicted molar refractivity (Wildman–Crippen MR) is 112 cm³/mol. The zero-order valence-electron chi connectivity index (χ0n) is 18.1. The van der Waals surface area contributed by atoms with Gasteiger partial charge in [0.25, 0.3) is 0 Å². The first-order valence-electron chi connectivity index (χ1n) is 12.1. The van der Waals surface area contributed by atoms with Crippen molar-refractivity contribution in [2.24, 2.45) is 17.8 Å². The molecule has 4 aliphatic carbocycles. The van der Waals surface area contributed by atoms with Crippen LogP contribution in [0.25, 0.3) is 0 Å². The molecule has 0 N–H and O–H groups in total. The molecule has 7 fully saturated rings. The van der Waals surface area contributed by atoms with Crippen LogP contribution in [0.3, 0.4) is 0 Å². The largest absolute Gasteiger partial charge is 0.490 e. The number of benzene rings is 1. The minimum absolute atomic E-state index is 0.201. The summed E-state index contributed by atoms with van der Waals surface area (Å²) in [5.74, 6) is 5.18. The van der Waals surface area contributed by atoms with Crippen LogP contribution in [0.4, 0.5) is 0 Å². The van der Waals surface area contributed by atoms with E-state index in [1.54, 1.807) is 0 Å². The molecule has 31 heavy (non-hydrogen) atoms. The summed E-state index contributed by atoms with van der Waals surface area (Å²) in [4.78, 5) is 0. The summed E-state index contributed by atoms with van der Waals surface area (Å²) in [6, 6.07) is 4.34. The van der Waals surface area contributed by atoms with Crippen LogP contribution in [0.2, 0.25) is 0 Å². The van der Waals surface area contributed by atoms with Crippen molar-refractivity contribution in [1.29, 1.82) is 0 Å². The number of hydrogen-bond donors (Lipinski definition) is 0. The van der Waals surface area contributed by atoms with Crippen molar-refractivity contribution < 1.29 is 28.4 Å². The molecule has 3 aliphatic heterocycles. The number of ether oxygens (including phenoxy) is 6. The van der Waals surface area contributed by atoms with E-state index in [-0.39, 0.29) is 23.7 Å². The molecule has 0 radical (unpaired) electrons. The summed E-state index contributed by atoms with van der Waals surface area (Å²) < 4.78 is 34.9. The minimum Gasteiger partial charge on any atom is -0.490 e. The average molecular weight is 429 g/mol. The van der Waals surface area contributed by atoms with Gasteiger partial charge in [0, 0.05) is 11.6 Å². The second-order valence-electron chi connectivity index (χ2n) is 10.8. The van der Waals surface area contributed by atoms with Gasteiger partial charge in [-0.15, -0.1) is 0 Å². The van der Waals surface area contributed by atoms with E-state index in [1.807, 2.05) is 0 Å². The standard InChI is InChI=1S/C25H32O6/c1-15-2-17-3-16(1)7-25(6-15,8-17)21-4-23(30-13-19-10-27-19)24(31-14-20-11-28-20)5-22(21)29-12-18-9-26-18/h4-5,15-20H,1-3,6-14H2. The lowest BCUT2D eigenvalue weighted by molar-refractivity contribution is -0.00660. The summed E-state index contributed by atoms with van der Waals surface area (Å²) in [6.07, 6.45) is 8.79. The first kappa shape index (κ1) is 19.0. The van der Waals surface area contributed by atoms with Gasteiger partial charge in [-0.25, -0.2) is 0 Å². The van der Waals surface area contributed by atoms with E-state index in [4.69, 9.17) is 28.4 Å². The van der Waals surface area contributed by atoms with Gasteiger partial charge in [-0.1, -0.05) is 0 Å². The van der Waals surface area contributed by atoms with Gasteiger partial charge >= 0.3 is 0 Å². The lowest BCUT2D eigenvalue weighted by atomic mass is 9.48. The van der Waals surface area contributed by atoms with Gasteiger partial charge in [-0.05, 0) is 67.8 Å². The highest BCUT2D eigenvalue weighted by Gasteiger charge is 2.53. The lowest BCUT2D eigenvalue weighted by Crippen LogP contribution is -2.48. The second kappa shape index (κ2) is 7.26. The Labute approximate surface area is 183 Å². The van der Waals surface area contributed by atoms with Gasteiger partial charge in [-0.2, -0.15) is 0 Å². The van der Waals surface area contributed by atoms with E-state index in [2.05, 4.69) is 12.1 Å². The van der Waals surface area contributed by atoms with Gasteiger partial charge in [-0.3, -0.25) is 0 Å². The molecule has 6 nitrogen and oxygen atoms in total. The molecule has 3 heterocycles. The van der Waals surface area contributed by atoms with Crippen molar-refractivity contribution in [2.45, 2.75) is 62.3 Å². The topological polar surface area (TPSA) is 65.3 Å². The molecule has 7 aliphatic rings. The van der Waals surface area contributed by atoms with Gasteiger partial charge in [0.05, 0.1) is 19.8 Å². The molecule has 0 aromatic heterocycles. The van der Waals surface area contributed by atoms with Crippen molar-refractivity contribution in [2.75, 3.05) is 39.6 Å². The summed E-state index contributed by atoms with van der Waals surface area (Å²) in [5.41, 5.74) is 1.56. The molecule has 8 rings (SSSR count). The molecule has 3 saturated heterocycles. The zero-order chi connectivity index (χ0) is 20.4. The van der Waals surface area contributed by atoms with Gasteiger partial charge in [0.2, 0.25) is 0 Å². The van der Waals surface area contributed by atoms with E-state index in [0.717, 1.165) is 54.8 Å². The molecule has 0 amide bonds. The second-order valence-corrected chi connectivity index (χ2v) is 10.8. The summed E-state index contributed by atoms with van der Waals surface area (Å²) >= 11 is 0. The maximum atomic E-state index is 6.39. The Kier molecular flexibility index (Phi) is 4.45. The Balaban J connectivity index is 1.24. The van der Waals surface area contributed by atoms with Crippen molar-refractivity contribution in [3.05, 3.63) is 17.7 Å². The van der Waals surface area contributed by atoms with Crippen LogP contribution in [-0.4, -0.2) is 58.0 Å². The monoisotopic (exact) mass is 428 g/mol. The van der Waals surface area contributed by atoms with Crippen LogP contribution in [0.1, 0.15) is 44.1 Å². The van der Waals surface area contributed by atoms with Gasteiger partial charge in [0.15, 0.2) is 11.5 Å². The van der Waals surface area contributed by atoms with Crippen molar-refractivity contribution in [3.8, 4) is 17.2 Å². The van der Waals surface area contributed by atoms with Crippen LogP contribution < -0.4 is 14.2 Å². The molecule has 1 aromatic rings. The summed E-state index contributed by atoms with van der Waals surface area (Å²) in [6.45, 7) is 4.11. The number of hydrogen-bond acceptors (Lipinski definition) is 6. The molecule has 168 valence electrons. The average Bonchev–Trinajstić information content (AvgIpc) is 3.61. The SMILES string of the molecule is c1c(OCC2CO2)c(OCC2CO2)cc(C23CC4CC(CC(C4)C2)C3)c1OCC1CO1. The number of epoxide rings is 3. The van der Waals surface area contributed by atoms with E-state index < -0.39 is 0 Å². The Morgan fingerprint density at radius 3 is 1.52 bits per heavy atom. The first-order chi connectivity index (χ1) is 15.2. The summed E-state index contributed by atoms with van der Waals surface area (Å²) in [7, 11) is 0. The number of rotatable bonds is 10. The molecular formula is C25H32O6. The molecule has 0 spiro atoms. The molecule has 1 aromatic carbocycles. The van der Waals surface area contributed by atoms with Gasteiger partial charge < -0.3 is 28.4 Å². The fourth-order valence-electron chi connectivity index (χ4n) is 6.78. The van der Waals surface area contributed by atoms with E-state index in [0.29, 0.717) is 19.8 Å². The smallest absolute Gasteiger partial charge is 0.165 e. The first-order valence-corrected chi connectivity index (χ1v) is 12.1. The van der Waals surface area contributed by atoms with Crippen LogP contribution >= 0.6 is 0 Å². The Morgan fingerprint density at radius 2 is 1.06 bits per heavy atom. The molecule has 3 unspecified atom stereocenters.